The van der Waals surface area contributed by atoms with Gasteiger partial charge in [-0.05, 0) is 30.7 Å². The van der Waals surface area contributed by atoms with Crippen molar-refractivity contribution >= 4 is 11.7 Å². The van der Waals surface area contributed by atoms with E-state index in [1.807, 2.05) is 6.07 Å². The Balaban J connectivity index is 2.35. The van der Waals surface area contributed by atoms with Gasteiger partial charge in [-0.3, -0.25) is 0 Å². The van der Waals surface area contributed by atoms with Crippen LogP contribution in [0.25, 0.3) is 0 Å². The Hall–Kier alpha value is -2.46. The summed E-state index contributed by atoms with van der Waals surface area (Å²) >= 11 is 0. The van der Waals surface area contributed by atoms with Crippen LogP contribution in [0.15, 0.2) is 24.3 Å². The van der Waals surface area contributed by atoms with Gasteiger partial charge >= 0.3 is 6.03 Å². The second-order valence-corrected chi connectivity index (χ2v) is 3.38. The summed E-state index contributed by atoms with van der Waals surface area (Å²) in [5.74, 6) is 2.50. The van der Waals surface area contributed by atoms with Crippen molar-refractivity contribution in [1.29, 1.82) is 5.26 Å². The summed E-state index contributed by atoms with van der Waals surface area (Å²) in [7, 11) is 0. The summed E-state index contributed by atoms with van der Waals surface area (Å²) in [6.07, 6.45) is 6.50. The summed E-state index contributed by atoms with van der Waals surface area (Å²) in [5.41, 5.74) is 1.21. The molecular weight excluding hydrogens is 214 g/mol. The van der Waals surface area contributed by atoms with Crippen LogP contribution in [-0.4, -0.2) is 12.6 Å². The Morgan fingerprint density at radius 2 is 2.06 bits per heavy atom. The van der Waals surface area contributed by atoms with Gasteiger partial charge in [0.15, 0.2) is 0 Å². The zero-order chi connectivity index (χ0) is 12.5. The first kappa shape index (κ1) is 12.6. The maximum atomic E-state index is 11.4. The number of amides is 2. The molecule has 0 heterocycles. The summed E-state index contributed by atoms with van der Waals surface area (Å²) in [6, 6.07) is 8.39. The highest BCUT2D eigenvalue weighted by Crippen LogP contribution is 2.08. The minimum absolute atomic E-state index is 0.272. The van der Waals surface area contributed by atoms with Crippen molar-refractivity contribution in [3.8, 4) is 18.4 Å². The van der Waals surface area contributed by atoms with E-state index in [1.54, 1.807) is 24.3 Å². The average Bonchev–Trinajstić information content (AvgIpc) is 2.36. The minimum Gasteiger partial charge on any atom is -0.338 e. The van der Waals surface area contributed by atoms with Crippen LogP contribution >= 0.6 is 0 Å². The molecule has 1 rings (SSSR count). The molecule has 4 heteroatoms. The maximum Gasteiger partial charge on any atom is 0.319 e. The van der Waals surface area contributed by atoms with Gasteiger partial charge in [0.25, 0.3) is 0 Å². The smallest absolute Gasteiger partial charge is 0.319 e. The van der Waals surface area contributed by atoms with E-state index in [4.69, 9.17) is 11.7 Å². The highest BCUT2D eigenvalue weighted by atomic mass is 16.2. The van der Waals surface area contributed by atoms with Crippen LogP contribution in [0, 0.1) is 23.7 Å². The fraction of sp³-hybridized carbons (Fsp3) is 0.231. The molecule has 17 heavy (non-hydrogen) atoms. The fourth-order valence-corrected chi connectivity index (χ4v) is 1.20. The molecule has 0 spiro atoms. The van der Waals surface area contributed by atoms with E-state index in [-0.39, 0.29) is 6.03 Å². The molecule has 0 saturated heterocycles. The lowest BCUT2D eigenvalue weighted by atomic mass is 10.2. The number of benzene rings is 1. The summed E-state index contributed by atoms with van der Waals surface area (Å²) < 4.78 is 0. The summed E-state index contributed by atoms with van der Waals surface area (Å²) in [5, 5.41) is 14.0. The van der Waals surface area contributed by atoms with Crippen LogP contribution in [0.5, 0.6) is 0 Å². The molecule has 0 aliphatic carbocycles. The van der Waals surface area contributed by atoms with Crippen LogP contribution < -0.4 is 10.6 Å². The molecule has 0 aliphatic rings. The topological polar surface area (TPSA) is 64.9 Å². The molecule has 0 unspecified atom stereocenters. The third kappa shape index (κ3) is 4.72. The van der Waals surface area contributed by atoms with Crippen molar-refractivity contribution in [2.45, 2.75) is 12.8 Å². The molecule has 0 aromatic heterocycles. The first-order valence-electron chi connectivity index (χ1n) is 5.24. The van der Waals surface area contributed by atoms with Gasteiger partial charge in [0, 0.05) is 18.7 Å². The molecule has 0 atom stereocenters. The number of anilines is 1. The number of nitriles is 1. The third-order valence-electron chi connectivity index (χ3n) is 2.06. The lowest BCUT2D eigenvalue weighted by Crippen LogP contribution is -2.29. The molecule has 2 amide bonds. The predicted molar refractivity (Wildman–Crippen MR) is 66.2 cm³/mol. The Morgan fingerprint density at radius 1 is 1.35 bits per heavy atom. The van der Waals surface area contributed by atoms with Gasteiger partial charge in [-0.15, -0.1) is 12.3 Å². The van der Waals surface area contributed by atoms with Gasteiger partial charge in [-0.1, -0.05) is 0 Å². The van der Waals surface area contributed by atoms with E-state index >= 15 is 0 Å². The van der Waals surface area contributed by atoms with E-state index in [0.29, 0.717) is 24.2 Å². The average molecular weight is 227 g/mol. The van der Waals surface area contributed by atoms with Crippen LogP contribution in [-0.2, 0) is 0 Å². The number of nitrogens with one attached hydrogen (secondary N) is 2. The lowest BCUT2D eigenvalue weighted by molar-refractivity contribution is 0.252. The van der Waals surface area contributed by atoms with Gasteiger partial charge in [0.2, 0.25) is 0 Å². The molecule has 0 fully saturated rings. The van der Waals surface area contributed by atoms with Crippen molar-refractivity contribution < 1.29 is 4.79 Å². The van der Waals surface area contributed by atoms with Crippen LogP contribution in [0.3, 0.4) is 0 Å². The van der Waals surface area contributed by atoms with Crippen molar-refractivity contribution in [2.75, 3.05) is 11.9 Å². The standard InChI is InChI=1S/C13H13N3O/c1-2-3-4-9-15-13(17)16-12-7-5-11(10-14)6-8-12/h1,5-8H,3-4,9H2,(H2,15,16,17). The number of urea groups is 1. The zero-order valence-corrected chi connectivity index (χ0v) is 9.36. The predicted octanol–water partition coefficient (Wildman–Crippen LogP) is 2.09. The van der Waals surface area contributed by atoms with Crippen molar-refractivity contribution in [3.63, 3.8) is 0 Å². The van der Waals surface area contributed by atoms with Crippen LogP contribution in [0.4, 0.5) is 10.5 Å². The monoisotopic (exact) mass is 227 g/mol. The fourth-order valence-electron chi connectivity index (χ4n) is 1.20. The molecule has 4 nitrogen and oxygen atoms in total. The normalized spacial score (nSPS) is 8.82. The van der Waals surface area contributed by atoms with Gasteiger partial charge in [-0.25, -0.2) is 4.79 Å². The van der Waals surface area contributed by atoms with Gasteiger partial charge in [-0.2, -0.15) is 5.26 Å². The SMILES string of the molecule is C#CCCCNC(=O)Nc1ccc(C#N)cc1. The van der Waals surface area contributed by atoms with E-state index in [0.717, 1.165) is 6.42 Å². The second kappa shape index (κ2) is 6.92. The Kier molecular flexibility index (Phi) is 5.13. The van der Waals surface area contributed by atoms with Gasteiger partial charge in [0.1, 0.15) is 0 Å². The van der Waals surface area contributed by atoms with Crippen molar-refractivity contribution in [2.24, 2.45) is 0 Å². The Labute approximate surface area is 101 Å². The third-order valence-corrected chi connectivity index (χ3v) is 2.06. The van der Waals surface area contributed by atoms with Crippen molar-refractivity contribution in [1.82, 2.24) is 5.32 Å². The molecule has 1 aromatic rings. The second-order valence-electron chi connectivity index (χ2n) is 3.38. The lowest BCUT2D eigenvalue weighted by Gasteiger charge is -2.06. The number of hydrogen-bond donors (Lipinski definition) is 2. The van der Waals surface area contributed by atoms with Crippen LogP contribution in [0.1, 0.15) is 18.4 Å². The van der Waals surface area contributed by atoms with E-state index in [1.165, 1.54) is 0 Å². The largest absolute Gasteiger partial charge is 0.338 e. The number of hydrogen-bond acceptors (Lipinski definition) is 2. The summed E-state index contributed by atoms with van der Waals surface area (Å²) in [4.78, 5) is 11.4. The van der Waals surface area contributed by atoms with E-state index in [2.05, 4.69) is 16.6 Å². The van der Waals surface area contributed by atoms with E-state index < -0.39 is 0 Å². The molecule has 86 valence electrons. The first-order valence-corrected chi connectivity index (χ1v) is 5.24. The maximum absolute atomic E-state index is 11.4. The number of nitrogens with zero attached hydrogens (tertiary/aromatic N) is 1. The van der Waals surface area contributed by atoms with E-state index in [9.17, 15) is 4.79 Å². The number of carbonyl (C=O) groups excluding carboxylic acids is 1. The Bertz CT molecular complexity index is 451. The number of terminal acetylenes is 1. The molecule has 0 aliphatic heterocycles. The van der Waals surface area contributed by atoms with Crippen LogP contribution in [0.2, 0.25) is 0 Å². The number of rotatable bonds is 4. The Morgan fingerprint density at radius 3 is 2.65 bits per heavy atom. The number of unbranched alkanes of at least 4 members (excludes halogenated alkanes) is 1. The molecule has 0 radical (unpaired) electrons. The molecular formula is C13H13N3O. The molecule has 2 N–H and O–H groups in total. The molecule has 1 aromatic carbocycles. The molecule has 0 saturated carbocycles. The first-order chi connectivity index (χ1) is 8.26. The van der Waals surface area contributed by atoms with Crippen molar-refractivity contribution in [3.05, 3.63) is 29.8 Å². The summed E-state index contributed by atoms with van der Waals surface area (Å²) in [6.45, 7) is 0.548. The minimum atomic E-state index is -0.272. The quantitative estimate of drug-likeness (QED) is 0.611. The number of carbonyl (C=O) groups is 1. The molecule has 0 bridgehead atoms. The zero-order valence-electron chi connectivity index (χ0n) is 9.36. The van der Waals surface area contributed by atoms with Gasteiger partial charge < -0.3 is 10.6 Å². The highest BCUT2D eigenvalue weighted by molar-refractivity contribution is 5.89. The van der Waals surface area contributed by atoms with Gasteiger partial charge in [0.05, 0.1) is 11.6 Å². The highest BCUT2D eigenvalue weighted by Gasteiger charge is 2.00.